The van der Waals surface area contributed by atoms with Gasteiger partial charge in [0, 0.05) is 0 Å². The maximum atomic E-state index is 12.3. The number of nitrogens with one attached hydrogen (secondary N) is 2. The predicted octanol–water partition coefficient (Wildman–Crippen LogP) is 2.40. The highest BCUT2D eigenvalue weighted by Gasteiger charge is 2.34. The van der Waals surface area contributed by atoms with Crippen LogP contribution in [-0.4, -0.2) is 18.0 Å². The van der Waals surface area contributed by atoms with E-state index in [-0.39, 0.29) is 11.9 Å². The third kappa shape index (κ3) is 2.91. The second kappa shape index (κ2) is 5.53. The van der Waals surface area contributed by atoms with Crippen LogP contribution in [0.3, 0.4) is 0 Å². The number of benzene rings is 1. The molecule has 1 aromatic rings. The molecule has 0 aliphatic carbocycles. The van der Waals surface area contributed by atoms with Crippen LogP contribution < -0.4 is 10.6 Å². The minimum atomic E-state index is -0.401. The molecule has 2 atom stereocenters. The molecular weight excluding hydrogens is 224 g/mol. The van der Waals surface area contributed by atoms with Crippen LogP contribution in [-0.2, 0) is 4.79 Å². The number of hydrogen-bond acceptors (Lipinski definition) is 2. The molecule has 1 unspecified atom stereocenters. The number of carbonyl (C=O) groups excluding carboxylic acids is 1. The molecule has 1 aliphatic rings. The lowest BCUT2D eigenvalue weighted by molar-refractivity contribution is -0.128. The van der Waals surface area contributed by atoms with Crippen molar-refractivity contribution in [1.29, 1.82) is 0 Å². The summed E-state index contributed by atoms with van der Waals surface area (Å²) in [4.78, 5) is 12.3. The van der Waals surface area contributed by atoms with E-state index < -0.39 is 5.54 Å². The summed E-state index contributed by atoms with van der Waals surface area (Å²) < 4.78 is 0. The Bertz CT molecular complexity index is 396. The lowest BCUT2D eigenvalue weighted by atomic mass is 9.89. The zero-order valence-corrected chi connectivity index (χ0v) is 11.2. The van der Waals surface area contributed by atoms with Crippen LogP contribution in [0.15, 0.2) is 30.3 Å². The van der Waals surface area contributed by atoms with Gasteiger partial charge < -0.3 is 10.6 Å². The van der Waals surface area contributed by atoms with Crippen LogP contribution in [0.4, 0.5) is 0 Å². The Morgan fingerprint density at radius 1 is 1.33 bits per heavy atom. The standard InChI is InChI=1S/C15H22N2O/c1-12(13-8-4-3-5-9-13)17-14(18)15(2)10-6-7-11-16-15/h3-5,8-9,12,16H,6-7,10-11H2,1-2H3,(H,17,18)/t12-,15?/m1/s1. The number of rotatable bonds is 3. The van der Waals surface area contributed by atoms with Gasteiger partial charge in [-0.15, -0.1) is 0 Å². The average Bonchev–Trinajstić information content (AvgIpc) is 2.40. The van der Waals surface area contributed by atoms with Crippen molar-refractivity contribution >= 4 is 5.91 Å². The minimum absolute atomic E-state index is 0.0549. The normalized spacial score (nSPS) is 25.4. The van der Waals surface area contributed by atoms with Crippen molar-refractivity contribution in [2.45, 2.75) is 44.7 Å². The quantitative estimate of drug-likeness (QED) is 0.860. The Morgan fingerprint density at radius 3 is 2.67 bits per heavy atom. The molecule has 3 heteroatoms. The summed E-state index contributed by atoms with van der Waals surface area (Å²) in [7, 11) is 0. The van der Waals surface area contributed by atoms with Gasteiger partial charge in [-0.3, -0.25) is 4.79 Å². The summed E-state index contributed by atoms with van der Waals surface area (Å²) in [5.41, 5.74) is 0.742. The van der Waals surface area contributed by atoms with Gasteiger partial charge in [0.05, 0.1) is 11.6 Å². The van der Waals surface area contributed by atoms with E-state index in [0.717, 1.165) is 31.4 Å². The molecule has 1 aromatic carbocycles. The SMILES string of the molecule is C[C@@H](NC(=O)C1(C)CCCCN1)c1ccccc1. The van der Waals surface area contributed by atoms with Crippen LogP contribution in [0, 0.1) is 0 Å². The van der Waals surface area contributed by atoms with E-state index in [1.165, 1.54) is 0 Å². The molecule has 98 valence electrons. The molecule has 1 amide bonds. The lowest BCUT2D eigenvalue weighted by Crippen LogP contribution is -2.57. The van der Waals surface area contributed by atoms with Crippen molar-refractivity contribution in [3.63, 3.8) is 0 Å². The first-order valence-electron chi connectivity index (χ1n) is 6.73. The van der Waals surface area contributed by atoms with Gasteiger partial charge >= 0.3 is 0 Å². The summed E-state index contributed by atoms with van der Waals surface area (Å²) in [6.07, 6.45) is 3.20. The first kappa shape index (κ1) is 13.1. The van der Waals surface area contributed by atoms with Gasteiger partial charge in [-0.2, -0.15) is 0 Å². The largest absolute Gasteiger partial charge is 0.348 e. The first-order chi connectivity index (χ1) is 8.62. The fourth-order valence-electron chi connectivity index (χ4n) is 2.43. The number of piperidine rings is 1. The molecule has 3 nitrogen and oxygen atoms in total. The molecule has 1 saturated heterocycles. The third-order valence-electron chi connectivity index (χ3n) is 3.77. The Labute approximate surface area is 109 Å². The smallest absolute Gasteiger partial charge is 0.240 e. The molecule has 0 aromatic heterocycles. The number of amides is 1. The van der Waals surface area contributed by atoms with E-state index >= 15 is 0 Å². The van der Waals surface area contributed by atoms with Crippen LogP contribution in [0.1, 0.15) is 44.7 Å². The van der Waals surface area contributed by atoms with Crippen LogP contribution in [0.5, 0.6) is 0 Å². The van der Waals surface area contributed by atoms with Crippen molar-refractivity contribution in [1.82, 2.24) is 10.6 Å². The second-order valence-electron chi connectivity index (χ2n) is 5.32. The molecule has 0 radical (unpaired) electrons. The summed E-state index contributed by atoms with van der Waals surface area (Å²) in [6.45, 7) is 4.96. The highest BCUT2D eigenvalue weighted by molar-refractivity contribution is 5.86. The average molecular weight is 246 g/mol. The molecule has 1 heterocycles. The van der Waals surface area contributed by atoms with Crippen molar-refractivity contribution in [2.75, 3.05) is 6.54 Å². The summed E-state index contributed by atoms with van der Waals surface area (Å²) in [5.74, 6) is 0.110. The zero-order chi connectivity index (χ0) is 13.0. The molecule has 2 N–H and O–H groups in total. The highest BCUT2D eigenvalue weighted by Crippen LogP contribution is 2.20. The van der Waals surface area contributed by atoms with Gasteiger partial charge in [-0.05, 0) is 45.2 Å². The van der Waals surface area contributed by atoms with Gasteiger partial charge in [0.15, 0.2) is 0 Å². The van der Waals surface area contributed by atoms with Gasteiger partial charge in [-0.25, -0.2) is 0 Å². The maximum Gasteiger partial charge on any atom is 0.240 e. The van der Waals surface area contributed by atoms with Gasteiger partial charge in [0.1, 0.15) is 0 Å². The van der Waals surface area contributed by atoms with E-state index in [1.807, 2.05) is 44.2 Å². The molecule has 0 bridgehead atoms. The fourth-order valence-corrected chi connectivity index (χ4v) is 2.43. The molecule has 1 fully saturated rings. The Kier molecular flexibility index (Phi) is 4.02. The number of hydrogen-bond donors (Lipinski definition) is 2. The predicted molar refractivity (Wildman–Crippen MR) is 73.3 cm³/mol. The van der Waals surface area contributed by atoms with Gasteiger partial charge in [0.25, 0.3) is 0 Å². The molecular formula is C15H22N2O. The van der Waals surface area contributed by atoms with E-state index in [4.69, 9.17) is 0 Å². The van der Waals surface area contributed by atoms with Crippen molar-refractivity contribution in [3.05, 3.63) is 35.9 Å². The van der Waals surface area contributed by atoms with Gasteiger partial charge in [0.2, 0.25) is 5.91 Å². The van der Waals surface area contributed by atoms with Crippen LogP contribution >= 0.6 is 0 Å². The maximum absolute atomic E-state index is 12.3. The molecule has 18 heavy (non-hydrogen) atoms. The fraction of sp³-hybridized carbons (Fsp3) is 0.533. The molecule has 0 spiro atoms. The Morgan fingerprint density at radius 2 is 2.06 bits per heavy atom. The highest BCUT2D eigenvalue weighted by atomic mass is 16.2. The monoisotopic (exact) mass is 246 g/mol. The minimum Gasteiger partial charge on any atom is -0.348 e. The second-order valence-corrected chi connectivity index (χ2v) is 5.32. The van der Waals surface area contributed by atoms with E-state index in [1.54, 1.807) is 0 Å². The van der Waals surface area contributed by atoms with Crippen molar-refractivity contribution in [2.24, 2.45) is 0 Å². The van der Waals surface area contributed by atoms with E-state index in [9.17, 15) is 4.79 Å². The zero-order valence-electron chi connectivity index (χ0n) is 11.2. The van der Waals surface area contributed by atoms with E-state index in [2.05, 4.69) is 10.6 Å². The van der Waals surface area contributed by atoms with Crippen LogP contribution in [0.25, 0.3) is 0 Å². The summed E-state index contributed by atoms with van der Waals surface area (Å²) in [6, 6.07) is 10.1. The lowest BCUT2D eigenvalue weighted by Gasteiger charge is -2.34. The molecule has 1 aliphatic heterocycles. The van der Waals surface area contributed by atoms with E-state index in [0.29, 0.717) is 0 Å². The Balaban J connectivity index is 1.98. The third-order valence-corrected chi connectivity index (χ3v) is 3.77. The van der Waals surface area contributed by atoms with Gasteiger partial charge in [-0.1, -0.05) is 30.3 Å². The van der Waals surface area contributed by atoms with Crippen molar-refractivity contribution in [3.8, 4) is 0 Å². The van der Waals surface area contributed by atoms with Crippen molar-refractivity contribution < 1.29 is 4.79 Å². The Hall–Kier alpha value is -1.35. The molecule has 0 saturated carbocycles. The van der Waals surface area contributed by atoms with Crippen LogP contribution in [0.2, 0.25) is 0 Å². The summed E-state index contributed by atoms with van der Waals surface area (Å²) >= 11 is 0. The topological polar surface area (TPSA) is 41.1 Å². The molecule has 2 rings (SSSR count). The number of carbonyl (C=O) groups is 1. The summed E-state index contributed by atoms with van der Waals surface area (Å²) in [5, 5.41) is 6.44. The first-order valence-corrected chi connectivity index (χ1v) is 6.73.